The zero-order valence-corrected chi connectivity index (χ0v) is 14.0. The van der Waals surface area contributed by atoms with Gasteiger partial charge >= 0.3 is 0 Å². The Morgan fingerprint density at radius 3 is 1.95 bits per heavy atom. The number of hydrogen-bond donors (Lipinski definition) is 0. The molecule has 0 saturated carbocycles. The third-order valence-corrected chi connectivity index (χ3v) is 4.73. The Labute approximate surface area is 124 Å². The molecule has 0 nitrogen and oxygen atoms in total. The fourth-order valence-electron chi connectivity index (χ4n) is 2.79. The highest BCUT2D eigenvalue weighted by molar-refractivity contribution is 6.21. The smallest absolute Gasteiger partial charge is 0.0590 e. The summed E-state index contributed by atoms with van der Waals surface area (Å²) in [6, 6.07) is 2.28. The Hall–Kier alpha value is -0.490. The molecular formula is C18H29Cl. The van der Waals surface area contributed by atoms with E-state index in [-0.39, 0.29) is 5.38 Å². The van der Waals surface area contributed by atoms with Gasteiger partial charge in [-0.3, -0.25) is 0 Å². The van der Waals surface area contributed by atoms with Crippen LogP contribution < -0.4 is 0 Å². The normalized spacial score (nSPS) is 12.7. The molecule has 108 valence electrons. The summed E-state index contributed by atoms with van der Waals surface area (Å²) in [7, 11) is 0. The number of halogens is 1. The Morgan fingerprint density at radius 1 is 0.895 bits per heavy atom. The lowest BCUT2D eigenvalue weighted by Crippen LogP contribution is -2.02. The predicted octanol–water partition coefficient (Wildman–Crippen LogP) is 6.56. The van der Waals surface area contributed by atoms with E-state index < -0.39 is 0 Å². The van der Waals surface area contributed by atoms with Crippen molar-refractivity contribution in [2.75, 3.05) is 0 Å². The Bertz CT molecular complexity index is 380. The Morgan fingerprint density at radius 2 is 1.42 bits per heavy atom. The van der Waals surface area contributed by atoms with Gasteiger partial charge in [-0.15, -0.1) is 11.6 Å². The van der Waals surface area contributed by atoms with Gasteiger partial charge in [0.15, 0.2) is 0 Å². The summed E-state index contributed by atoms with van der Waals surface area (Å²) in [6.07, 6.45) is 7.69. The van der Waals surface area contributed by atoms with Gasteiger partial charge in [0, 0.05) is 0 Å². The zero-order valence-electron chi connectivity index (χ0n) is 13.3. The lowest BCUT2D eigenvalue weighted by molar-refractivity contribution is 0.600. The molecule has 1 rings (SSSR count). The van der Waals surface area contributed by atoms with Crippen molar-refractivity contribution < 1.29 is 0 Å². The first-order valence-corrected chi connectivity index (χ1v) is 8.14. The van der Waals surface area contributed by atoms with Crippen LogP contribution in [0, 0.1) is 27.7 Å². The molecule has 0 saturated heterocycles. The number of hydrogen-bond acceptors (Lipinski definition) is 0. The minimum atomic E-state index is 0.181. The monoisotopic (exact) mass is 280 g/mol. The number of alkyl halides is 1. The quantitative estimate of drug-likeness (QED) is 0.392. The summed E-state index contributed by atoms with van der Waals surface area (Å²) in [5, 5.41) is 0.181. The molecule has 0 N–H and O–H groups in total. The molecule has 19 heavy (non-hydrogen) atoms. The minimum Gasteiger partial charge on any atom is -0.118 e. The number of unbranched alkanes of at least 4 members (excludes halogenated alkanes) is 4. The number of rotatable bonds is 7. The van der Waals surface area contributed by atoms with Crippen molar-refractivity contribution in [1.82, 2.24) is 0 Å². The second-order valence-electron chi connectivity index (χ2n) is 5.84. The summed E-state index contributed by atoms with van der Waals surface area (Å²) in [5.74, 6) is 0. The summed E-state index contributed by atoms with van der Waals surface area (Å²) in [6.45, 7) is 11.1. The molecule has 1 atom stereocenters. The van der Waals surface area contributed by atoms with Crippen LogP contribution in [0.3, 0.4) is 0 Å². The van der Waals surface area contributed by atoms with Gasteiger partial charge in [-0.2, -0.15) is 0 Å². The summed E-state index contributed by atoms with van der Waals surface area (Å²) in [5.41, 5.74) is 6.90. The summed E-state index contributed by atoms with van der Waals surface area (Å²) in [4.78, 5) is 0. The van der Waals surface area contributed by atoms with E-state index in [2.05, 4.69) is 40.7 Å². The largest absolute Gasteiger partial charge is 0.118 e. The molecule has 1 heteroatoms. The van der Waals surface area contributed by atoms with Crippen LogP contribution in [0.4, 0.5) is 0 Å². The van der Waals surface area contributed by atoms with Crippen molar-refractivity contribution in [3.05, 3.63) is 33.9 Å². The molecule has 0 radical (unpaired) electrons. The second kappa shape index (κ2) is 7.94. The molecule has 1 aromatic rings. The Balaban J connectivity index is 2.69. The highest BCUT2D eigenvalue weighted by Gasteiger charge is 2.16. The molecule has 0 aromatic heterocycles. The van der Waals surface area contributed by atoms with Crippen LogP contribution in [0.25, 0.3) is 0 Å². The first-order valence-electron chi connectivity index (χ1n) is 7.70. The van der Waals surface area contributed by atoms with Crippen LogP contribution in [0.5, 0.6) is 0 Å². The highest BCUT2D eigenvalue weighted by atomic mass is 35.5. The summed E-state index contributed by atoms with van der Waals surface area (Å²) < 4.78 is 0. The zero-order chi connectivity index (χ0) is 14.4. The topological polar surface area (TPSA) is 0 Å². The van der Waals surface area contributed by atoms with E-state index in [0.29, 0.717) is 0 Å². The lowest BCUT2D eigenvalue weighted by atomic mass is 9.90. The maximum Gasteiger partial charge on any atom is 0.0590 e. The maximum absolute atomic E-state index is 6.67. The Kier molecular flexibility index (Phi) is 6.93. The van der Waals surface area contributed by atoms with Crippen LogP contribution in [-0.2, 0) is 0 Å². The molecule has 0 aliphatic rings. The molecule has 0 aliphatic carbocycles. The van der Waals surface area contributed by atoms with Crippen molar-refractivity contribution in [1.29, 1.82) is 0 Å². The van der Waals surface area contributed by atoms with E-state index in [9.17, 15) is 0 Å². The first-order chi connectivity index (χ1) is 8.99. The van der Waals surface area contributed by atoms with E-state index in [1.54, 1.807) is 0 Å². The SMILES string of the molecule is CCCCCCCC(Cl)c1c(C)c(C)cc(C)c1C. The van der Waals surface area contributed by atoms with Crippen LogP contribution in [0.2, 0.25) is 0 Å². The molecule has 0 amide bonds. The van der Waals surface area contributed by atoms with Gasteiger partial charge in [0.1, 0.15) is 0 Å². The third kappa shape index (κ3) is 4.53. The van der Waals surface area contributed by atoms with Crippen molar-refractivity contribution >= 4 is 11.6 Å². The molecule has 0 bridgehead atoms. The maximum atomic E-state index is 6.67. The molecule has 0 fully saturated rings. The van der Waals surface area contributed by atoms with Gasteiger partial charge in [-0.05, 0) is 61.9 Å². The predicted molar refractivity (Wildman–Crippen MR) is 87.4 cm³/mol. The standard InChI is InChI=1S/C18H29Cl/c1-6-7-8-9-10-11-17(19)18-15(4)13(2)12-14(3)16(18)5/h12,17H,6-11H2,1-5H3. The van der Waals surface area contributed by atoms with Crippen LogP contribution in [0.15, 0.2) is 6.07 Å². The van der Waals surface area contributed by atoms with E-state index in [4.69, 9.17) is 11.6 Å². The second-order valence-corrected chi connectivity index (χ2v) is 6.37. The average molecular weight is 281 g/mol. The van der Waals surface area contributed by atoms with E-state index in [1.807, 2.05) is 0 Å². The molecule has 0 heterocycles. The van der Waals surface area contributed by atoms with Gasteiger partial charge in [0.2, 0.25) is 0 Å². The fraction of sp³-hybridized carbons (Fsp3) is 0.667. The van der Waals surface area contributed by atoms with Gasteiger partial charge in [0.05, 0.1) is 5.38 Å². The number of benzene rings is 1. The highest BCUT2D eigenvalue weighted by Crippen LogP contribution is 2.34. The van der Waals surface area contributed by atoms with Crippen LogP contribution >= 0.6 is 11.6 Å². The molecule has 1 unspecified atom stereocenters. The van der Waals surface area contributed by atoms with Gasteiger partial charge in [-0.25, -0.2) is 0 Å². The van der Waals surface area contributed by atoms with E-state index in [1.165, 1.54) is 59.9 Å². The van der Waals surface area contributed by atoms with Gasteiger partial charge in [-0.1, -0.05) is 45.1 Å². The van der Waals surface area contributed by atoms with E-state index >= 15 is 0 Å². The van der Waals surface area contributed by atoms with Crippen LogP contribution in [0.1, 0.15) is 78.6 Å². The van der Waals surface area contributed by atoms with Crippen molar-refractivity contribution in [2.45, 2.75) is 78.5 Å². The molecular weight excluding hydrogens is 252 g/mol. The van der Waals surface area contributed by atoms with Crippen LogP contribution in [-0.4, -0.2) is 0 Å². The van der Waals surface area contributed by atoms with Crippen molar-refractivity contribution in [3.8, 4) is 0 Å². The summed E-state index contributed by atoms with van der Waals surface area (Å²) >= 11 is 6.67. The third-order valence-electron chi connectivity index (χ3n) is 4.30. The van der Waals surface area contributed by atoms with Crippen molar-refractivity contribution in [2.24, 2.45) is 0 Å². The molecule has 0 spiro atoms. The molecule has 0 aliphatic heterocycles. The average Bonchev–Trinajstić information content (AvgIpc) is 2.36. The molecule has 1 aromatic carbocycles. The van der Waals surface area contributed by atoms with Gasteiger partial charge in [0.25, 0.3) is 0 Å². The minimum absolute atomic E-state index is 0.181. The first kappa shape index (κ1) is 16.6. The number of aryl methyl sites for hydroxylation is 2. The fourth-order valence-corrected chi connectivity index (χ4v) is 3.27. The van der Waals surface area contributed by atoms with E-state index in [0.717, 1.165) is 6.42 Å². The van der Waals surface area contributed by atoms with Crippen molar-refractivity contribution in [3.63, 3.8) is 0 Å². The lowest BCUT2D eigenvalue weighted by Gasteiger charge is -2.19. The van der Waals surface area contributed by atoms with Gasteiger partial charge < -0.3 is 0 Å².